The molecule has 1 fully saturated rings. The maximum absolute atomic E-state index is 5.54. The van der Waals surface area contributed by atoms with Crippen LogP contribution in [0, 0.1) is 0 Å². The molecule has 5 heteroatoms. The van der Waals surface area contributed by atoms with Gasteiger partial charge in [-0.15, -0.1) is 0 Å². The first kappa shape index (κ1) is 19.1. The fourth-order valence-electron chi connectivity index (χ4n) is 4.12. The van der Waals surface area contributed by atoms with Crippen molar-refractivity contribution in [3.63, 3.8) is 0 Å². The van der Waals surface area contributed by atoms with Crippen molar-refractivity contribution in [2.45, 2.75) is 38.3 Å². The molecule has 1 unspecified atom stereocenters. The zero-order valence-electron chi connectivity index (χ0n) is 16.7. The van der Waals surface area contributed by atoms with Crippen LogP contribution in [0.3, 0.4) is 0 Å². The molecule has 150 valence electrons. The second kappa shape index (κ2) is 9.30. The summed E-state index contributed by atoms with van der Waals surface area (Å²) in [5, 5.41) is 3.72. The topological polar surface area (TPSA) is 43.0 Å². The van der Waals surface area contributed by atoms with E-state index in [0.717, 1.165) is 42.3 Å². The number of benzene rings is 2. The molecule has 2 aromatic carbocycles. The highest BCUT2D eigenvalue weighted by Crippen LogP contribution is 2.38. The number of ether oxygens (including phenoxy) is 3. The van der Waals surface area contributed by atoms with Crippen LogP contribution in [0.1, 0.15) is 30.4 Å². The van der Waals surface area contributed by atoms with Crippen LogP contribution in [0.25, 0.3) is 0 Å². The summed E-state index contributed by atoms with van der Waals surface area (Å²) in [6, 6.07) is 15.3. The lowest BCUT2D eigenvalue weighted by Crippen LogP contribution is -2.45. The molecular formula is C23H30N2O3. The van der Waals surface area contributed by atoms with Crippen molar-refractivity contribution in [2.24, 2.45) is 0 Å². The second-order valence-corrected chi connectivity index (χ2v) is 7.63. The van der Waals surface area contributed by atoms with Gasteiger partial charge in [-0.3, -0.25) is 0 Å². The maximum atomic E-state index is 5.54. The van der Waals surface area contributed by atoms with Crippen molar-refractivity contribution in [2.75, 3.05) is 33.5 Å². The minimum absolute atomic E-state index is 0.288. The van der Waals surface area contributed by atoms with E-state index < -0.39 is 0 Å². The van der Waals surface area contributed by atoms with Crippen molar-refractivity contribution in [3.8, 4) is 17.2 Å². The summed E-state index contributed by atoms with van der Waals surface area (Å²) in [5.41, 5.74) is 2.55. The highest BCUT2D eigenvalue weighted by atomic mass is 16.7. The number of methoxy groups -OCH3 is 1. The van der Waals surface area contributed by atoms with Crippen molar-refractivity contribution in [3.05, 3.63) is 53.6 Å². The van der Waals surface area contributed by atoms with Crippen LogP contribution in [0.15, 0.2) is 42.5 Å². The standard InChI is InChI=1S/C23H30N2O3/c1-26-21-14-23-22(27-17-28-23)13-19(21)15-24-20-10-6-12-25(16-20)11-5-9-18-7-3-2-4-8-18/h2-4,7-8,13-14,20,24H,5-6,9-12,15-17H2,1H3. The summed E-state index contributed by atoms with van der Waals surface area (Å²) >= 11 is 0. The normalized spacial score (nSPS) is 19.0. The zero-order valence-corrected chi connectivity index (χ0v) is 16.7. The van der Waals surface area contributed by atoms with Gasteiger partial charge in [0, 0.05) is 30.8 Å². The molecule has 0 bridgehead atoms. The van der Waals surface area contributed by atoms with Gasteiger partial charge in [0.2, 0.25) is 6.79 Å². The molecule has 2 aromatic rings. The molecule has 2 heterocycles. The number of hydrogen-bond donors (Lipinski definition) is 1. The summed E-state index contributed by atoms with van der Waals surface area (Å²) in [4.78, 5) is 2.60. The SMILES string of the molecule is COc1cc2c(cc1CNC1CCCN(CCCc3ccccc3)C1)OCO2. The number of nitrogens with zero attached hydrogens (tertiary/aromatic N) is 1. The largest absolute Gasteiger partial charge is 0.496 e. The fraction of sp³-hybridized carbons (Fsp3) is 0.478. The van der Waals surface area contributed by atoms with E-state index in [2.05, 4.69) is 40.5 Å². The van der Waals surface area contributed by atoms with E-state index in [1.165, 1.54) is 37.9 Å². The Kier molecular flexibility index (Phi) is 6.34. The molecule has 5 nitrogen and oxygen atoms in total. The quantitative estimate of drug-likeness (QED) is 0.756. The molecule has 1 N–H and O–H groups in total. The van der Waals surface area contributed by atoms with Crippen molar-refractivity contribution < 1.29 is 14.2 Å². The van der Waals surface area contributed by atoms with E-state index in [1.807, 2.05) is 12.1 Å². The molecule has 0 aliphatic carbocycles. The number of likely N-dealkylation sites (tertiary alicyclic amines) is 1. The van der Waals surface area contributed by atoms with Gasteiger partial charge in [0.15, 0.2) is 11.5 Å². The molecule has 4 rings (SSSR count). The number of aryl methyl sites for hydroxylation is 1. The Morgan fingerprint density at radius 3 is 2.79 bits per heavy atom. The Hall–Kier alpha value is -2.24. The lowest BCUT2D eigenvalue weighted by molar-refractivity contribution is 0.173. The summed E-state index contributed by atoms with van der Waals surface area (Å²) in [5.74, 6) is 2.43. The minimum Gasteiger partial charge on any atom is -0.496 e. The van der Waals surface area contributed by atoms with Gasteiger partial charge in [0.25, 0.3) is 0 Å². The van der Waals surface area contributed by atoms with Crippen LogP contribution in [0.4, 0.5) is 0 Å². The fourth-order valence-corrected chi connectivity index (χ4v) is 4.12. The first-order valence-corrected chi connectivity index (χ1v) is 10.3. The average molecular weight is 383 g/mol. The molecule has 0 radical (unpaired) electrons. The van der Waals surface area contributed by atoms with Crippen molar-refractivity contribution >= 4 is 0 Å². The summed E-state index contributed by atoms with van der Waals surface area (Å²) in [6.45, 7) is 4.56. The molecule has 1 atom stereocenters. The monoisotopic (exact) mass is 382 g/mol. The third-order valence-electron chi connectivity index (χ3n) is 5.64. The van der Waals surface area contributed by atoms with Gasteiger partial charge in [0.1, 0.15) is 5.75 Å². The molecule has 0 spiro atoms. The zero-order chi connectivity index (χ0) is 19.2. The maximum Gasteiger partial charge on any atom is 0.231 e. The first-order valence-electron chi connectivity index (χ1n) is 10.3. The second-order valence-electron chi connectivity index (χ2n) is 7.63. The number of nitrogens with one attached hydrogen (secondary N) is 1. The predicted octanol–water partition coefficient (Wildman–Crippen LogP) is 3.61. The Balaban J connectivity index is 1.26. The van der Waals surface area contributed by atoms with Crippen molar-refractivity contribution in [1.82, 2.24) is 10.2 Å². The number of piperidine rings is 1. The summed E-state index contributed by atoms with van der Waals surface area (Å²) in [6.07, 6.45) is 4.85. The van der Waals surface area contributed by atoms with Crippen LogP contribution in [0.2, 0.25) is 0 Å². The Bertz CT molecular complexity index is 766. The van der Waals surface area contributed by atoms with Gasteiger partial charge in [-0.1, -0.05) is 30.3 Å². The van der Waals surface area contributed by atoms with Crippen LogP contribution in [-0.4, -0.2) is 44.5 Å². The van der Waals surface area contributed by atoms with E-state index in [9.17, 15) is 0 Å². The molecule has 0 aromatic heterocycles. The average Bonchev–Trinajstić information content (AvgIpc) is 3.20. The molecule has 1 saturated heterocycles. The third-order valence-corrected chi connectivity index (χ3v) is 5.64. The Labute approximate surface area is 167 Å². The van der Waals surface area contributed by atoms with Gasteiger partial charge in [-0.05, 0) is 50.4 Å². The van der Waals surface area contributed by atoms with Crippen molar-refractivity contribution in [1.29, 1.82) is 0 Å². The van der Waals surface area contributed by atoms with E-state index in [-0.39, 0.29) is 6.79 Å². The van der Waals surface area contributed by atoms with Gasteiger partial charge in [-0.25, -0.2) is 0 Å². The molecule has 2 aliphatic rings. The van der Waals surface area contributed by atoms with E-state index in [4.69, 9.17) is 14.2 Å². The number of hydrogen-bond acceptors (Lipinski definition) is 5. The van der Waals surface area contributed by atoms with Crippen LogP contribution < -0.4 is 19.5 Å². The minimum atomic E-state index is 0.288. The first-order chi connectivity index (χ1) is 13.8. The predicted molar refractivity (Wildman–Crippen MR) is 110 cm³/mol. The number of fused-ring (bicyclic) bond motifs is 1. The lowest BCUT2D eigenvalue weighted by atomic mass is 10.0. The molecule has 28 heavy (non-hydrogen) atoms. The van der Waals surface area contributed by atoms with Crippen LogP contribution in [-0.2, 0) is 13.0 Å². The molecular weight excluding hydrogens is 352 g/mol. The Morgan fingerprint density at radius 1 is 1.14 bits per heavy atom. The lowest BCUT2D eigenvalue weighted by Gasteiger charge is -2.33. The molecule has 0 saturated carbocycles. The van der Waals surface area contributed by atoms with Gasteiger partial charge in [0.05, 0.1) is 7.11 Å². The molecule has 0 amide bonds. The van der Waals surface area contributed by atoms with Gasteiger partial charge in [-0.2, -0.15) is 0 Å². The van der Waals surface area contributed by atoms with Crippen LogP contribution in [0.5, 0.6) is 17.2 Å². The smallest absolute Gasteiger partial charge is 0.231 e. The third kappa shape index (κ3) is 4.78. The summed E-state index contributed by atoms with van der Waals surface area (Å²) < 4.78 is 16.5. The molecule has 2 aliphatic heterocycles. The van der Waals surface area contributed by atoms with E-state index in [0.29, 0.717) is 6.04 Å². The van der Waals surface area contributed by atoms with Gasteiger partial charge >= 0.3 is 0 Å². The van der Waals surface area contributed by atoms with Gasteiger partial charge < -0.3 is 24.4 Å². The number of rotatable bonds is 8. The van der Waals surface area contributed by atoms with Crippen LogP contribution >= 0.6 is 0 Å². The Morgan fingerprint density at radius 2 is 1.96 bits per heavy atom. The highest BCUT2D eigenvalue weighted by molar-refractivity contribution is 5.51. The highest BCUT2D eigenvalue weighted by Gasteiger charge is 2.21. The van der Waals surface area contributed by atoms with E-state index in [1.54, 1.807) is 7.11 Å². The van der Waals surface area contributed by atoms with E-state index >= 15 is 0 Å². The summed E-state index contributed by atoms with van der Waals surface area (Å²) in [7, 11) is 1.70.